The number of hydrogen-bond donors (Lipinski definition) is 1. The first-order chi connectivity index (χ1) is 10.4. The average molecular weight is 279 g/mol. The summed E-state index contributed by atoms with van der Waals surface area (Å²) >= 11 is 0. The van der Waals surface area contributed by atoms with Crippen molar-refractivity contribution in [2.24, 2.45) is 0 Å². The molecule has 0 fully saturated rings. The van der Waals surface area contributed by atoms with Gasteiger partial charge in [0.2, 0.25) is 0 Å². The molecule has 0 spiro atoms. The van der Waals surface area contributed by atoms with Gasteiger partial charge >= 0.3 is 0 Å². The summed E-state index contributed by atoms with van der Waals surface area (Å²) in [5, 5.41) is 3.60. The van der Waals surface area contributed by atoms with Crippen molar-refractivity contribution in [1.29, 1.82) is 0 Å². The zero-order chi connectivity index (χ0) is 14.2. The minimum atomic E-state index is 0.530. The Hall–Kier alpha value is -1.80. The summed E-state index contributed by atoms with van der Waals surface area (Å²) in [7, 11) is 0. The van der Waals surface area contributed by atoms with Gasteiger partial charge in [-0.3, -0.25) is 0 Å². The van der Waals surface area contributed by atoms with Crippen LogP contribution in [0.1, 0.15) is 36.1 Å². The molecule has 4 rings (SSSR count). The summed E-state index contributed by atoms with van der Waals surface area (Å²) in [5.41, 5.74) is 7.12. The lowest BCUT2D eigenvalue weighted by atomic mass is 9.95. The molecule has 108 valence electrons. The molecule has 1 heterocycles. The molecule has 0 bridgehead atoms. The highest BCUT2D eigenvalue weighted by Crippen LogP contribution is 2.39. The first-order valence-electron chi connectivity index (χ1n) is 7.98. The van der Waals surface area contributed by atoms with E-state index in [0.29, 0.717) is 6.04 Å². The van der Waals surface area contributed by atoms with E-state index in [-0.39, 0.29) is 0 Å². The standard InChI is InChI=1S/C19H21NO/c1-2-20-18-8-7-16-15(4-3-5-17(16)18)13-6-9-19-14(12-13)10-11-21-19/h3-6,9,12,18,20H,2,7-8,10-11H2,1H3. The van der Waals surface area contributed by atoms with Crippen LogP contribution in [0.5, 0.6) is 5.75 Å². The molecule has 1 aliphatic heterocycles. The van der Waals surface area contributed by atoms with Gasteiger partial charge in [0.1, 0.15) is 5.75 Å². The normalized spacial score (nSPS) is 19.2. The van der Waals surface area contributed by atoms with Crippen LogP contribution < -0.4 is 10.1 Å². The Labute approximate surface area is 126 Å². The van der Waals surface area contributed by atoms with Gasteiger partial charge in [-0.15, -0.1) is 0 Å². The molecule has 2 aromatic rings. The second kappa shape index (κ2) is 5.19. The first kappa shape index (κ1) is 12.9. The summed E-state index contributed by atoms with van der Waals surface area (Å²) in [6.07, 6.45) is 3.43. The topological polar surface area (TPSA) is 21.3 Å². The molecule has 0 amide bonds. The lowest BCUT2D eigenvalue weighted by Crippen LogP contribution is -2.18. The maximum atomic E-state index is 5.62. The predicted octanol–water partition coefficient (Wildman–Crippen LogP) is 3.89. The fraction of sp³-hybridized carbons (Fsp3) is 0.368. The van der Waals surface area contributed by atoms with Crippen LogP contribution in [-0.4, -0.2) is 13.2 Å². The fourth-order valence-electron chi connectivity index (χ4n) is 3.74. The molecule has 2 aliphatic rings. The Balaban J connectivity index is 1.77. The number of fused-ring (bicyclic) bond motifs is 2. The van der Waals surface area contributed by atoms with Crippen molar-refractivity contribution in [1.82, 2.24) is 5.32 Å². The smallest absolute Gasteiger partial charge is 0.122 e. The Kier molecular flexibility index (Phi) is 3.19. The number of rotatable bonds is 3. The zero-order valence-corrected chi connectivity index (χ0v) is 12.5. The predicted molar refractivity (Wildman–Crippen MR) is 85.8 cm³/mol. The molecule has 0 saturated carbocycles. The second-order valence-electron chi connectivity index (χ2n) is 5.94. The largest absolute Gasteiger partial charge is 0.493 e. The van der Waals surface area contributed by atoms with Gasteiger partial charge in [0.25, 0.3) is 0 Å². The van der Waals surface area contributed by atoms with Crippen molar-refractivity contribution in [2.75, 3.05) is 13.2 Å². The first-order valence-corrected chi connectivity index (χ1v) is 7.98. The highest BCUT2D eigenvalue weighted by atomic mass is 16.5. The van der Waals surface area contributed by atoms with Crippen LogP contribution in [0.2, 0.25) is 0 Å². The lowest BCUT2D eigenvalue weighted by Gasteiger charge is -2.14. The van der Waals surface area contributed by atoms with Gasteiger partial charge in [0.05, 0.1) is 6.61 Å². The zero-order valence-electron chi connectivity index (χ0n) is 12.5. The lowest BCUT2D eigenvalue weighted by molar-refractivity contribution is 0.357. The fourth-order valence-corrected chi connectivity index (χ4v) is 3.74. The quantitative estimate of drug-likeness (QED) is 0.920. The van der Waals surface area contributed by atoms with E-state index >= 15 is 0 Å². The Bertz CT molecular complexity index is 677. The van der Waals surface area contributed by atoms with Crippen LogP contribution in [0.3, 0.4) is 0 Å². The number of ether oxygens (including phenoxy) is 1. The second-order valence-corrected chi connectivity index (χ2v) is 5.94. The molecule has 0 radical (unpaired) electrons. The number of hydrogen-bond acceptors (Lipinski definition) is 2. The summed E-state index contributed by atoms with van der Waals surface area (Å²) in [6, 6.07) is 13.9. The summed E-state index contributed by atoms with van der Waals surface area (Å²) in [6.45, 7) is 4.04. The van der Waals surface area contributed by atoms with Crippen LogP contribution in [0.25, 0.3) is 11.1 Å². The molecule has 1 N–H and O–H groups in total. The monoisotopic (exact) mass is 279 g/mol. The van der Waals surface area contributed by atoms with Crippen LogP contribution in [0.4, 0.5) is 0 Å². The molecular weight excluding hydrogens is 258 g/mol. The van der Waals surface area contributed by atoms with Crippen molar-refractivity contribution >= 4 is 0 Å². The highest BCUT2D eigenvalue weighted by molar-refractivity contribution is 5.71. The molecule has 1 unspecified atom stereocenters. The van der Waals surface area contributed by atoms with Gasteiger partial charge in [-0.1, -0.05) is 31.2 Å². The van der Waals surface area contributed by atoms with Gasteiger partial charge < -0.3 is 10.1 Å². The van der Waals surface area contributed by atoms with E-state index in [1.165, 1.54) is 40.7 Å². The molecule has 2 heteroatoms. The van der Waals surface area contributed by atoms with Crippen molar-refractivity contribution in [3.8, 4) is 16.9 Å². The van der Waals surface area contributed by atoms with E-state index in [1.54, 1.807) is 0 Å². The molecule has 1 aliphatic carbocycles. The van der Waals surface area contributed by atoms with E-state index in [4.69, 9.17) is 4.74 Å². The van der Waals surface area contributed by atoms with Gasteiger partial charge in [0, 0.05) is 12.5 Å². The summed E-state index contributed by atoms with van der Waals surface area (Å²) in [5.74, 6) is 1.07. The Morgan fingerprint density at radius 2 is 2.14 bits per heavy atom. The van der Waals surface area contributed by atoms with Crippen molar-refractivity contribution < 1.29 is 4.74 Å². The highest BCUT2D eigenvalue weighted by Gasteiger charge is 2.24. The maximum absolute atomic E-state index is 5.62. The third-order valence-corrected chi connectivity index (χ3v) is 4.72. The summed E-state index contributed by atoms with van der Waals surface area (Å²) in [4.78, 5) is 0. The SMILES string of the molecule is CCNC1CCc2c(-c3ccc4c(c3)CCO4)cccc21. The third-order valence-electron chi connectivity index (χ3n) is 4.72. The molecule has 1 atom stereocenters. The van der Waals surface area contributed by atoms with E-state index in [2.05, 4.69) is 48.6 Å². The molecule has 0 saturated heterocycles. The minimum Gasteiger partial charge on any atom is -0.493 e. The van der Waals surface area contributed by atoms with Crippen molar-refractivity contribution in [3.05, 3.63) is 53.1 Å². The van der Waals surface area contributed by atoms with Gasteiger partial charge in [-0.2, -0.15) is 0 Å². The van der Waals surface area contributed by atoms with Gasteiger partial charge in [0.15, 0.2) is 0 Å². The minimum absolute atomic E-state index is 0.530. The molecule has 2 aromatic carbocycles. The molecular formula is C19H21NO. The summed E-state index contributed by atoms with van der Waals surface area (Å²) < 4.78 is 5.62. The maximum Gasteiger partial charge on any atom is 0.122 e. The van der Waals surface area contributed by atoms with Gasteiger partial charge in [-0.05, 0) is 59.3 Å². The van der Waals surface area contributed by atoms with Crippen molar-refractivity contribution in [2.45, 2.75) is 32.2 Å². The van der Waals surface area contributed by atoms with E-state index in [9.17, 15) is 0 Å². The van der Waals surface area contributed by atoms with Gasteiger partial charge in [-0.25, -0.2) is 0 Å². The van der Waals surface area contributed by atoms with E-state index in [0.717, 1.165) is 25.3 Å². The van der Waals surface area contributed by atoms with Crippen LogP contribution in [-0.2, 0) is 12.8 Å². The Morgan fingerprint density at radius 3 is 3.05 bits per heavy atom. The van der Waals surface area contributed by atoms with Crippen molar-refractivity contribution in [3.63, 3.8) is 0 Å². The van der Waals surface area contributed by atoms with Crippen LogP contribution in [0.15, 0.2) is 36.4 Å². The number of nitrogens with one attached hydrogen (secondary N) is 1. The van der Waals surface area contributed by atoms with E-state index in [1.807, 2.05) is 0 Å². The van der Waals surface area contributed by atoms with Crippen LogP contribution in [0, 0.1) is 0 Å². The third kappa shape index (κ3) is 2.14. The molecule has 2 nitrogen and oxygen atoms in total. The van der Waals surface area contributed by atoms with Crippen LogP contribution >= 0.6 is 0 Å². The average Bonchev–Trinajstić information content (AvgIpc) is 3.13. The van der Waals surface area contributed by atoms with E-state index < -0.39 is 0 Å². The molecule has 0 aromatic heterocycles. The Morgan fingerprint density at radius 1 is 1.19 bits per heavy atom. The molecule has 21 heavy (non-hydrogen) atoms. The number of benzene rings is 2.